The molecule has 12 heavy (non-hydrogen) atoms. The maximum Gasteiger partial charge on any atom is 0.121 e. The van der Waals surface area contributed by atoms with Crippen LogP contribution in [0.4, 0.5) is 0 Å². The third kappa shape index (κ3) is 1.79. The molecule has 0 bridgehead atoms. The molecular weight excluding hydrogens is 148 g/mol. The summed E-state index contributed by atoms with van der Waals surface area (Å²) in [7, 11) is 0. The molecule has 0 N–H and O–H groups in total. The van der Waals surface area contributed by atoms with Crippen molar-refractivity contribution in [3.8, 4) is 0 Å². The van der Waals surface area contributed by atoms with E-state index in [0.717, 1.165) is 18.8 Å². The molecule has 0 aromatic rings. The number of hydrogen-bond donors (Lipinski definition) is 0. The van der Waals surface area contributed by atoms with Crippen LogP contribution in [0.1, 0.15) is 19.8 Å². The standard InChI is InChI=1S/C11H16O/c1-4-9-7-10(5-2)11(6-3)12-8-9/h5-6,9H,2-4,7-8H2,1H3. The highest BCUT2D eigenvalue weighted by Gasteiger charge is 2.17. The van der Waals surface area contributed by atoms with Gasteiger partial charge in [-0.3, -0.25) is 0 Å². The average molecular weight is 164 g/mol. The minimum Gasteiger partial charge on any atom is -0.493 e. The summed E-state index contributed by atoms with van der Waals surface area (Å²) in [6.07, 6.45) is 5.89. The fraction of sp³-hybridized carbons (Fsp3) is 0.455. The molecule has 0 spiro atoms. The number of rotatable bonds is 3. The van der Waals surface area contributed by atoms with Gasteiger partial charge in [0.2, 0.25) is 0 Å². The first-order valence-electron chi connectivity index (χ1n) is 4.42. The second kappa shape index (κ2) is 4.15. The molecule has 1 aliphatic rings. The third-order valence-corrected chi connectivity index (χ3v) is 2.31. The van der Waals surface area contributed by atoms with Gasteiger partial charge in [0.15, 0.2) is 0 Å². The van der Waals surface area contributed by atoms with Gasteiger partial charge in [-0.1, -0.05) is 26.2 Å². The van der Waals surface area contributed by atoms with E-state index in [1.54, 1.807) is 6.08 Å². The van der Waals surface area contributed by atoms with Crippen molar-refractivity contribution in [3.05, 3.63) is 36.6 Å². The minimum atomic E-state index is 0.654. The molecule has 1 aliphatic heterocycles. The SMILES string of the molecule is C=CC1=C(C=C)OCC(CC)C1. The van der Waals surface area contributed by atoms with Gasteiger partial charge in [-0.25, -0.2) is 0 Å². The van der Waals surface area contributed by atoms with Crippen LogP contribution in [0.3, 0.4) is 0 Å². The van der Waals surface area contributed by atoms with Crippen LogP contribution in [0, 0.1) is 5.92 Å². The fourth-order valence-electron chi connectivity index (χ4n) is 1.41. The first-order valence-corrected chi connectivity index (χ1v) is 4.42. The molecule has 0 amide bonds. The molecule has 0 saturated heterocycles. The van der Waals surface area contributed by atoms with E-state index in [1.807, 2.05) is 6.08 Å². The van der Waals surface area contributed by atoms with Crippen LogP contribution in [0.5, 0.6) is 0 Å². The molecule has 0 saturated carbocycles. The maximum absolute atomic E-state index is 5.52. The third-order valence-electron chi connectivity index (χ3n) is 2.31. The largest absolute Gasteiger partial charge is 0.493 e. The lowest BCUT2D eigenvalue weighted by Crippen LogP contribution is -2.15. The molecule has 1 nitrogen and oxygen atoms in total. The van der Waals surface area contributed by atoms with Crippen LogP contribution in [0.15, 0.2) is 36.6 Å². The van der Waals surface area contributed by atoms with Crippen molar-refractivity contribution in [2.75, 3.05) is 6.61 Å². The Morgan fingerprint density at radius 1 is 1.50 bits per heavy atom. The summed E-state index contributed by atoms with van der Waals surface area (Å²) in [4.78, 5) is 0. The zero-order valence-electron chi connectivity index (χ0n) is 7.68. The lowest BCUT2D eigenvalue weighted by Gasteiger charge is -2.24. The Kier molecular flexibility index (Phi) is 3.15. The van der Waals surface area contributed by atoms with Crippen molar-refractivity contribution in [2.45, 2.75) is 19.8 Å². The molecule has 0 aromatic heterocycles. The summed E-state index contributed by atoms with van der Waals surface area (Å²) in [5.74, 6) is 1.57. The molecule has 1 heteroatoms. The summed E-state index contributed by atoms with van der Waals surface area (Å²) in [6.45, 7) is 10.5. The van der Waals surface area contributed by atoms with Crippen molar-refractivity contribution in [2.24, 2.45) is 5.92 Å². The van der Waals surface area contributed by atoms with Gasteiger partial charge < -0.3 is 4.74 Å². The molecule has 1 unspecified atom stereocenters. The van der Waals surface area contributed by atoms with Gasteiger partial charge in [-0.15, -0.1) is 0 Å². The quantitative estimate of drug-likeness (QED) is 0.623. The Balaban J connectivity index is 2.76. The summed E-state index contributed by atoms with van der Waals surface area (Å²) in [5, 5.41) is 0. The Bertz CT molecular complexity index is 213. The lowest BCUT2D eigenvalue weighted by atomic mass is 9.94. The highest BCUT2D eigenvalue weighted by atomic mass is 16.5. The molecule has 0 aliphatic carbocycles. The zero-order valence-corrected chi connectivity index (χ0v) is 7.68. The maximum atomic E-state index is 5.52. The number of allylic oxidation sites excluding steroid dienone is 3. The molecule has 1 heterocycles. The van der Waals surface area contributed by atoms with Crippen molar-refractivity contribution >= 4 is 0 Å². The summed E-state index contributed by atoms with van der Waals surface area (Å²) in [6, 6.07) is 0. The van der Waals surface area contributed by atoms with Crippen molar-refractivity contribution < 1.29 is 4.74 Å². The van der Waals surface area contributed by atoms with E-state index in [9.17, 15) is 0 Å². The summed E-state index contributed by atoms with van der Waals surface area (Å²) < 4.78 is 5.52. The van der Waals surface area contributed by atoms with Gasteiger partial charge in [0.05, 0.1) is 6.61 Å². The highest BCUT2D eigenvalue weighted by Crippen LogP contribution is 2.26. The Morgan fingerprint density at radius 3 is 2.75 bits per heavy atom. The second-order valence-electron chi connectivity index (χ2n) is 3.09. The van der Waals surface area contributed by atoms with Gasteiger partial charge in [0.1, 0.15) is 5.76 Å². The summed E-state index contributed by atoms with van der Waals surface area (Å²) >= 11 is 0. The predicted molar refractivity (Wildman–Crippen MR) is 51.8 cm³/mol. The molecule has 1 rings (SSSR count). The van der Waals surface area contributed by atoms with E-state index in [0.29, 0.717) is 5.92 Å². The van der Waals surface area contributed by atoms with Crippen molar-refractivity contribution in [1.82, 2.24) is 0 Å². The molecule has 0 aromatic carbocycles. The Labute approximate surface area is 74.4 Å². The first kappa shape index (κ1) is 9.11. The normalized spacial score (nSPS) is 23.2. The van der Waals surface area contributed by atoms with Crippen LogP contribution in [0.2, 0.25) is 0 Å². The molecule has 0 radical (unpaired) electrons. The van der Waals surface area contributed by atoms with Crippen molar-refractivity contribution in [1.29, 1.82) is 0 Å². The first-order chi connectivity index (χ1) is 5.81. The van der Waals surface area contributed by atoms with Gasteiger partial charge in [-0.05, 0) is 30.4 Å². The fourth-order valence-corrected chi connectivity index (χ4v) is 1.41. The van der Waals surface area contributed by atoms with E-state index >= 15 is 0 Å². The predicted octanol–water partition coefficient (Wildman–Crippen LogP) is 3.06. The molecule has 1 atom stereocenters. The molecule has 0 fully saturated rings. The van der Waals surface area contributed by atoms with Crippen LogP contribution in [0.25, 0.3) is 0 Å². The topological polar surface area (TPSA) is 9.23 Å². The van der Waals surface area contributed by atoms with Crippen LogP contribution >= 0.6 is 0 Å². The number of ether oxygens (including phenoxy) is 1. The Morgan fingerprint density at radius 2 is 2.25 bits per heavy atom. The van der Waals surface area contributed by atoms with E-state index in [1.165, 1.54) is 12.0 Å². The van der Waals surface area contributed by atoms with E-state index in [-0.39, 0.29) is 0 Å². The zero-order chi connectivity index (χ0) is 8.97. The number of hydrogen-bond acceptors (Lipinski definition) is 1. The van der Waals surface area contributed by atoms with Crippen LogP contribution in [-0.4, -0.2) is 6.61 Å². The van der Waals surface area contributed by atoms with Gasteiger partial charge in [0, 0.05) is 0 Å². The summed E-state index contributed by atoms with van der Waals surface area (Å²) in [5.41, 5.74) is 1.20. The second-order valence-corrected chi connectivity index (χ2v) is 3.09. The van der Waals surface area contributed by atoms with Crippen molar-refractivity contribution in [3.63, 3.8) is 0 Å². The highest BCUT2D eigenvalue weighted by molar-refractivity contribution is 5.28. The van der Waals surface area contributed by atoms with Crippen LogP contribution in [-0.2, 0) is 4.74 Å². The van der Waals surface area contributed by atoms with Gasteiger partial charge in [0.25, 0.3) is 0 Å². The minimum absolute atomic E-state index is 0.654. The lowest BCUT2D eigenvalue weighted by molar-refractivity contribution is 0.149. The molecular formula is C11H16O. The Hall–Kier alpha value is -0.980. The van der Waals surface area contributed by atoms with Gasteiger partial charge in [-0.2, -0.15) is 0 Å². The van der Waals surface area contributed by atoms with E-state index in [2.05, 4.69) is 20.1 Å². The molecule has 66 valence electrons. The van der Waals surface area contributed by atoms with E-state index < -0.39 is 0 Å². The van der Waals surface area contributed by atoms with Gasteiger partial charge >= 0.3 is 0 Å². The average Bonchev–Trinajstić information content (AvgIpc) is 2.16. The monoisotopic (exact) mass is 164 g/mol. The van der Waals surface area contributed by atoms with Crippen LogP contribution < -0.4 is 0 Å². The van der Waals surface area contributed by atoms with E-state index in [4.69, 9.17) is 4.74 Å². The smallest absolute Gasteiger partial charge is 0.121 e.